The molecule has 0 aromatic heterocycles. The number of halogens is 3. The van der Waals surface area contributed by atoms with E-state index in [0.29, 0.717) is 11.1 Å². The molecule has 0 unspecified atom stereocenters. The molecular formula is C25H31F3. The molecule has 1 fully saturated rings. The quantitative estimate of drug-likeness (QED) is 0.401. The van der Waals surface area contributed by atoms with E-state index >= 15 is 0 Å². The van der Waals surface area contributed by atoms with Crippen molar-refractivity contribution >= 4 is 0 Å². The molecule has 0 amide bonds. The second-order valence-corrected chi connectivity index (χ2v) is 8.36. The van der Waals surface area contributed by atoms with Crippen LogP contribution in [-0.4, -0.2) is 0 Å². The highest BCUT2D eigenvalue weighted by atomic mass is 19.2. The first kappa shape index (κ1) is 21.0. The molecule has 0 heterocycles. The van der Waals surface area contributed by atoms with Crippen LogP contribution in [-0.2, 0) is 6.42 Å². The lowest BCUT2D eigenvalue weighted by Gasteiger charge is -2.28. The van der Waals surface area contributed by atoms with Gasteiger partial charge in [0.2, 0.25) is 0 Å². The molecule has 0 aliphatic heterocycles. The summed E-state index contributed by atoms with van der Waals surface area (Å²) in [5, 5.41) is 0. The predicted octanol–water partition coefficient (Wildman–Crippen LogP) is 8.09. The molecule has 0 atom stereocenters. The van der Waals surface area contributed by atoms with Gasteiger partial charge in [-0.05, 0) is 54.0 Å². The normalized spacial score (nSPS) is 19.7. The molecule has 0 nitrogen and oxygen atoms in total. The largest absolute Gasteiger partial charge is 0.206 e. The van der Waals surface area contributed by atoms with Crippen LogP contribution in [0.1, 0.15) is 70.3 Å². The maximum Gasteiger partial charge on any atom is 0.159 e. The molecule has 1 saturated carbocycles. The maximum absolute atomic E-state index is 14.5. The van der Waals surface area contributed by atoms with E-state index in [1.54, 1.807) is 12.1 Å². The molecule has 28 heavy (non-hydrogen) atoms. The average molecular weight is 389 g/mol. The number of hydrogen-bond donors (Lipinski definition) is 0. The molecular weight excluding hydrogens is 357 g/mol. The molecule has 1 aliphatic carbocycles. The molecule has 0 spiro atoms. The van der Waals surface area contributed by atoms with Gasteiger partial charge in [0.25, 0.3) is 0 Å². The Bertz CT molecular complexity index is 760. The third-order valence-corrected chi connectivity index (χ3v) is 6.29. The van der Waals surface area contributed by atoms with Crippen molar-refractivity contribution < 1.29 is 13.2 Å². The zero-order valence-corrected chi connectivity index (χ0v) is 16.8. The summed E-state index contributed by atoms with van der Waals surface area (Å²) in [6.07, 6.45) is 12.7. The lowest BCUT2D eigenvalue weighted by Crippen LogP contribution is -2.15. The Hall–Kier alpha value is -1.77. The van der Waals surface area contributed by atoms with Crippen molar-refractivity contribution in [3.63, 3.8) is 0 Å². The number of unbranched alkanes of at least 4 members (excludes halogenated alkanes) is 2. The lowest BCUT2D eigenvalue weighted by atomic mass is 9.78. The highest BCUT2D eigenvalue weighted by Crippen LogP contribution is 2.34. The molecule has 1 aliphatic rings. The van der Waals surface area contributed by atoms with Gasteiger partial charge >= 0.3 is 0 Å². The zero-order chi connectivity index (χ0) is 19.9. The monoisotopic (exact) mass is 388 g/mol. The van der Waals surface area contributed by atoms with E-state index < -0.39 is 11.6 Å². The van der Waals surface area contributed by atoms with Gasteiger partial charge in [0.05, 0.1) is 0 Å². The van der Waals surface area contributed by atoms with Crippen molar-refractivity contribution in [1.29, 1.82) is 0 Å². The third-order valence-electron chi connectivity index (χ3n) is 6.29. The standard InChI is InChI=1S/C25H31F3/c1-2-3-4-5-18-6-8-19(9-7-18)10-11-20-12-14-22(24(27)16-20)21-13-15-23(26)25(28)17-21/h12-19H,2-11H2,1H3/t18-,19-. The second-order valence-electron chi connectivity index (χ2n) is 8.36. The molecule has 2 aromatic carbocycles. The van der Waals surface area contributed by atoms with E-state index in [4.69, 9.17) is 0 Å². The summed E-state index contributed by atoms with van der Waals surface area (Å²) in [5.74, 6) is -0.581. The summed E-state index contributed by atoms with van der Waals surface area (Å²) in [6, 6.07) is 8.64. The average Bonchev–Trinajstić information content (AvgIpc) is 2.70. The van der Waals surface area contributed by atoms with E-state index in [9.17, 15) is 13.2 Å². The van der Waals surface area contributed by atoms with Crippen molar-refractivity contribution in [3.8, 4) is 11.1 Å². The highest BCUT2D eigenvalue weighted by Gasteiger charge is 2.20. The molecule has 0 bridgehead atoms. The number of benzene rings is 2. The van der Waals surface area contributed by atoms with Crippen LogP contribution in [0.3, 0.4) is 0 Å². The summed E-state index contributed by atoms with van der Waals surface area (Å²) in [5.41, 5.74) is 1.66. The van der Waals surface area contributed by atoms with Crippen LogP contribution in [0.15, 0.2) is 36.4 Å². The predicted molar refractivity (Wildman–Crippen MR) is 110 cm³/mol. The fraction of sp³-hybridized carbons (Fsp3) is 0.520. The first-order valence-corrected chi connectivity index (χ1v) is 10.8. The van der Waals surface area contributed by atoms with Crippen molar-refractivity contribution in [2.75, 3.05) is 0 Å². The number of rotatable bonds is 8. The summed E-state index contributed by atoms with van der Waals surface area (Å²) < 4.78 is 41.0. The molecule has 0 N–H and O–H groups in total. The van der Waals surface area contributed by atoms with Crippen molar-refractivity contribution in [3.05, 3.63) is 59.4 Å². The van der Waals surface area contributed by atoms with E-state index in [0.717, 1.165) is 42.4 Å². The van der Waals surface area contributed by atoms with E-state index in [2.05, 4.69) is 6.92 Å². The summed E-state index contributed by atoms with van der Waals surface area (Å²) in [7, 11) is 0. The van der Waals surface area contributed by atoms with Crippen LogP contribution < -0.4 is 0 Å². The van der Waals surface area contributed by atoms with Gasteiger partial charge in [-0.1, -0.05) is 76.5 Å². The van der Waals surface area contributed by atoms with Crippen molar-refractivity contribution in [2.24, 2.45) is 11.8 Å². The molecule has 3 heteroatoms. The Morgan fingerprint density at radius 1 is 0.750 bits per heavy atom. The van der Waals surface area contributed by atoms with E-state index in [1.165, 1.54) is 57.4 Å². The van der Waals surface area contributed by atoms with Crippen LogP contribution in [0.4, 0.5) is 13.2 Å². The fourth-order valence-corrected chi connectivity index (χ4v) is 4.47. The van der Waals surface area contributed by atoms with Gasteiger partial charge in [-0.2, -0.15) is 0 Å². The van der Waals surface area contributed by atoms with Crippen LogP contribution >= 0.6 is 0 Å². The minimum Gasteiger partial charge on any atom is -0.206 e. The molecule has 2 aromatic rings. The first-order valence-electron chi connectivity index (χ1n) is 10.8. The molecule has 3 rings (SSSR count). The van der Waals surface area contributed by atoms with E-state index in [1.807, 2.05) is 6.07 Å². The van der Waals surface area contributed by atoms with Gasteiger partial charge in [-0.3, -0.25) is 0 Å². The van der Waals surface area contributed by atoms with Gasteiger partial charge in [-0.25, -0.2) is 13.2 Å². The highest BCUT2D eigenvalue weighted by molar-refractivity contribution is 5.64. The Kier molecular flexibility index (Phi) is 7.58. The summed E-state index contributed by atoms with van der Waals surface area (Å²) in [6.45, 7) is 2.25. The third kappa shape index (κ3) is 5.62. The minimum absolute atomic E-state index is 0.315. The van der Waals surface area contributed by atoms with Crippen LogP contribution in [0, 0.1) is 29.3 Å². The SMILES string of the molecule is CCCCC[C@H]1CC[C@H](CCc2ccc(-c3ccc(F)c(F)c3)c(F)c2)CC1. The topological polar surface area (TPSA) is 0 Å². The van der Waals surface area contributed by atoms with Gasteiger partial charge in [0.1, 0.15) is 5.82 Å². The number of hydrogen-bond acceptors (Lipinski definition) is 0. The Morgan fingerprint density at radius 3 is 2.11 bits per heavy atom. The van der Waals surface area contributed by atoms with Crippen LogP contribution in [0.25, 0.3) is 11.1 Å². The van der Waals surface area contributed by atoms with Gasteiger partial charge in [0, 0.05) is 5.56 Å². The molecule has 152 valence electrons. The number of aryl methyl sites for hydroxylation is 1. The fourth-order valence-electron chi connectivity index (χ4n) is 4.47. The van der Waals surface area contributed by atoms with Crippen molar-refractivity contribution in [1.82, 2.24) is 0 Å². The van der Waals surface area contributed by atoms with Crippen LogP contribution in [0.5, 0.6) is 0 Å². The summed E-state index contributed by atoms with van der Waals surface area (Å²) in [4.78, 5) is 0. The Balaban J connectivity index is 1.51. The van der Waals surface area contributed by atoms with Gasteiger partial charge in [-0.15, -0.1) is 0 Å². The molecule has 0 saturated heterocycles. The molecule has 0 radical (unpaired) electrons. The van der Waals surface area contributed by atoms with Gasteiger partial charge in [0.15, 0.2) is 11.6 Å². The maximum atomic E-state index is 14.5. The Morgan fingerprint density at radius 2 is 1.46 bits per heavy atom. The second kappa shape index (κ2) is 10.1. The smallest absolute Gasteiger partial charge is 0.159 e. The lowest BCUT2D eigenvalue weighted by molar-refractivity contribution is 0.249. The van der Waals surface area contributed by atoms with Gasteiger partial charge < -0.3 is 0 Å². The zero-order valence-electron chi connectivity index (χ0n) is 16.8. The van der Waals surface area contributed by atoms with E-state index in [-0.39, 0.29) is 5.82 Å². The first-order chi connectivity index (χ1) is 13.6. The van der Waals surface area contributed by atoms with Crippen molar-refractivity contribution in [2.45, 2.75) is 71.1 Å². The minimum atomic E-state index is -0.953. The summed E-state index contributed by atoms with van der Waals surface area (Å²) >= 11 is 0. The Labute approximate surface area is 167 Å². The van der Waals surface area contributed by atoms with Crippen LogP contribution in [0.2, 0.25) is 0 Å².